The van der Waals surface area contributed by atoms with Crippen LogP contribution in [0.3, 0.4) is 0 Å². The lowest BCUT2D eigenvalue weighted by molar-refractivity contribution is -0.236. The van der Waals surface area contributed by atoms with Gasteiger partial charge >= 0.3 is 12.1 Å². The molecule has 0 bridgehead atoms. The van der Waals surface area contributed by atoms with E-state index >= 15 is 0 Å². The minimum atomic E-state index is -4.78. The van der Waals surface area contributed by atoms with E-state index in [0.717, 1.165) is 10.0 Å². The summed E-state index contributed by atoms with van der Waals surface area (Å²) in [5, 5.41) is 11.8. The van der Waals surface area contributed by atoms with Gasteiger partial charge in [-0.1, -0.05) is 28.1 Å². The van der Waals surface area contributed by atoms with Crippen molar-refractivity contribution in [2.45, 2.75) is 19.5 Å². The number of carboxylic acids is 1. The molecular formula is C14H15BrF3NO2. The third-order valence-corrected chi connectivity index (χ3v) is 4.95. The van der Waals surface area contributed by atoms with Gasteiger partial charge in [0, 0.05) is 16.9 Å². The highest BCUT2D eigenvalue weighted by molar-refractivity contribution is 9.10. The average molecular weight is 366 g/mol. The maximum atomic E-state index is 13.3. The Labute approximate surface area is 128 Å². The molecule has 0 amide bonds. The molecule has 7 heteroatoms. The van der Waals surface area contributed by atoms with Crippen molar-refractivity contribution in [2.24, 2.45) is 11.3 Å². The van der Waals surface area contributed by atoms with E-state index in [0.29, 0.717) is 5.56 Å². The van der Waals surface area contributed by atoms with Crippen molar-refractivity contribution in [3.63, 3.8) is 0 Å². The zero-order valence-electron chi connectivity index (χ0n) is 11.3. The van der Waals surface area contributed by atoms with E-state index in [1.165, 1.54) is 0 Å². The summed E-state index contributed by atoms with van der Waals surface area (Å²) < 4.78 is 40.8. The van der Waals surface area contributed by atoms with Gasteiger partial charge < -0.3 is 10.4 Å². The van der Waals surface area contributed by atoms with Gasteiger partial charge in [-0.2, -0.15) is 13.2 Å². The topological polar surface area (TPSA) is 49.3 Å². The molecule has 2 atom stereocenters. The van der Waals surface area contributed by atoms with Crippen LogP contribution in [-0.4, -0.2) is 30.3 Å². The molecule has 1 saturated heterocycles. The first-order valence-corrected chi connectivity index (χ1v) is 7.23. The second-order valence-corrected chi connectivity index (χ2v) is 6.24. The zero-order chi connectivity index (χ0) is 15.8. The molecule has 2 N–H and O–H groups in total. The monoisotopic (exact) mass is 365 g/mol. The van der Waals surface area contributed by atoms with E-state index in [-0.39, 0.29) is 13.0 Å². The highest BCUT2D eigenvalue weighted by atomic mass is 79.9. The summed E-state index contributed by atoms with van der Waals surface area (Å²) in [5.41, 5.74) is -1.05. The molecule has 0 unspecified atom stereocenters. The van der Waals surface area contributed by atoms with Crippen molar-refractivity contribution >= 4 is 21.9 Å². The first-order chi connectivity index (χ1) is 9.68. The molecule has 1 heterocycles. The number of benzene rings is 1. The van der Waals surface area contributed by atoms with Crippen LogP contribution in [0.5, 0.6) is 0 Å². The molecule has 1 aliphatic rings. The first kappa shape index (κ1) is 16.3. The van der Waals surface area contributed by atoms with E-state index in [9.17, 15) is 23.1 Å². The molecule has 1 aliphatic heterocycles. The van der Waals surface area contributed by atoms with Gasteiger partial charge in [0.1, 0.15) is 0 Å². The quantitative estimate of drug-likeness (QED) is 0.864. The molecule has 116 valence electrons. The predicted molar refractivity (Wildman–Crippen MR) is 75.1 cm³/mol. The summed E-state index contributed by atoms with van der Waals surface area (Å²) in [6, 6.07) is 5.29. The largest absolute Gasteiger partial charge is 0.481 e. The number of halogens is 4. The summed E-state index contributed by atoms with van der Waals surface area (Å²) in [5.74, 6) is -2.83. The number of hydrogen-bond acceptors (Lipinski definition) is 2. The number of hydrogen-bond donors (Lipinski definition) is 2. The van der Waals surface area contributed by atoms with Crippen LogP contribution in [-0.2, 0) is 11.2 Å². The fourth-order valence-corrected chi connectivity index (χ4v) is 3.19. The predicted octanol–water partition coefficient (Wildman–Crippen LogP) is 3.15. The van der Waals surface area contributed by atoms with Gasteiger partial charge in [0.05, 0.1) is 0 Å². The Bertz CT molecular complexity index is 562. The van der Waals surface area contributed by atoms with Crippen molar-refractivity contribution in [3.8, 4) is 0 Å². The Balaban J connectivity index is 2.33. The Kier molecular flexibility index (Phi) is 4.35. The van der Waals surface area contributed by atoms with Gasteiger partial charge in [-0.25, -0.2) is 0 Å². The average Bonchev–Trinajstić information content (AvgIpc) is 2.78. The highest BCUT2D eigenvalue weighted by Crippen LogP contribution is 2.47. The summed E-state index contributed by atoms with van der Waals surface area (Å²) >= 11 is 3.34. The summed E-state index contributed by atoms with van der Waals surface area (Å²) in [6.45, 7) is 1.34. The molecule has 1 aromatic carbocycles. The maximum Gasteiger partial charge on any atom is 0.406 e. The van der Waals surface area contributed by atoms with Crippen LogP contribution in [0.25, 0.3) is 0 Å². The summed E-state index contributed by atoms with van der Waals surface area (Å²) in [7, 11) is 0. The summed E-state index contributed by atoms with van der Waals surface area (Å²) in [6.07, 6.45) is -4.72. The van der Waals surface area contributed by atoms with Crippen molar-refractivity contribution in [3.05, 3.63) is 33.8 Å². The molecule has 0 radical (unpaired) electrons. The molecule has 0 spiro atoms. The van der Waals surface area contributed by atoms with Crippen LogP contribution in [0, 0.1) is 18.3 Å². The van der Waals surface area contributed by atoms with Gasteiger partial charge in [-0.3, -0.25) is 4.79 Å². The summed E-state index contributed by atoms with van der Waals surface area (Å²) in [4.78, 5) is 11.3. The van der Waals surface area contributed by atoms with E-state index in [1.807, 2.05) is 6.92 Å². The molecule has 0 saturated carbocycles. The van der Waals surface area contributed by atoms with Gasteiger partial charge in [0.15, 0.2) is 5.41 Å². The fourth-order valence-electron chi connectivity index (χ4n) is 2.76. The lowest BCUT2D eigenvalue weighted by Gasteiger charge is -2.32. The lowest BCUT2D eigenvalue weighted by Crippen LogP contribution is -2.51. The second kappa shape index (κ2) is 5.61. The molecule has 0 aliphatic carbocycles. The van der Waals surface area contributed by atoms with Crippen LogP contribution in [0.15, 0.2) is 22.7 Å². The third kappa shape index (κ3) is 2.81. The highest BCUT2D eigenvalue weighted by Gasteiger charge is 2.66. The Hall–Kier alpha value is -1.08. The van der Waals surface area contributed by atoms with Gasteiger partial charge in [-0.05, 0) is 37.1 Å². The minimum absolute atomic E-state index is 0.0390. The number of carbonyl (C=O) groups is 1. The Morgan fingerprint density at radius 3 is 2.71 bits per heavy atom. The van der Waals surface area contributed by atoms with Crippen molar-refractivity contribution < 1.29 is 23.1 Å². The van der Waals surface area contributed by atoms with Gasteiger partial charge in [-0.15, -0.1) is 0 Å². The molecule has 1 fully saturated rings. The van der Waals surface area contributed by atoms with Crippen LogP contribution in [0.1, 0.15) is 11.1 Å². The van der Waals surface area contributed by atoms with Crippen LogP contribution >= 0.6 is 15.9 Å². The number of rotatable bonds is 3. The normalized spacial score (nSPS) is 26.0. The molecule has 21 heavy (non-hydrogen) atoms. The zero-order valence-corrected chi connectivity index (χ0v) is 12.9. The minimum Gasteiger partial charge on any atom is -0.481 e. The molecule has 2 rings (SSSR count). The van der Waals surface area contributed by atoms with E-state index in [1.54, 1.807) is 18.2 Å². The van der Waals surface area contributed by atoms with Gasteiger partial charge in [0.2, 0.25) is 0 Å². The number of alkyl halides is 3. The maximum absolute atomic E-state index is 13.3. The number of aryl methyl sites for hydroxylation is 1. The smallest absolute Gasteiger partial charge is 0.406 e. The Morgan fingerprint density at radius 2 is 2.19 bits per heavy atom. The van der Waals surface area contributed by atoms with Crippen LogP contribution < -0.4 is 5.32 Å². The molecule has 1 aromatic rings. The second-order valence-electron chi connectivity index (χ2n) is 5.39. The third-order valence-electron chi connectivity index (χ3n) is 4.10. The molecular weight excluding hydrogens is 351 g/mol. The number of carboxylic acid groups (broad SMARTS) is 1. The number of aliphatic carboxylic acids is 1. The standard InChI is InChI=1S/C14H15BrF3NO2/c1-8-2-3-9(5-11(8)15)4-10-6-19-7-13(10,12(20)21)14(16,17)18/h2-3,5,10,19H,4,6-7H2,1H3,(H,20,21)/t10-,13+/m1/s1. The van der Waals surface area contributed by atoms with Crippen molar-refractivity contribution in [1.29, 1.82) is 0 Å². The van der Waals surface area contributed by atoms with E-state index < -0.39 is 30.0 Å². The van der Waals surface area contributed by atoms with Crippen LogP contribution in [0.4, 0.5) is 13.2 Å². The van der Waals surface area contributed by atoms with E-state index in [4.69, 9.17) is 0 Å². The Morgan fingerprint density at radius 1 is 1.52 bits per heavy atom. The van der Waals surface area contributed by atoms with Crippen molar-refractivity contribution in [2.75, 3.05) is 13.1 Å². The first-order valence-electron chi connectivity index (χ1n) is 6.44. The van der Waals surface area contributed by atoms with Crippen LogP contribution in [0.2, 0.25) is 0 Å². The molecule has 0 aromatic heterocycles. The fraction of sp³-hybridized carbons (Fsp3) is 0.500. The van der Waals surface area contributed by atoms with Gasteiger partial charge in [0.25, 0.3) is 0 Å². The van der Waals surface area contributed by atoms with E-state index in [2.05, 4.69) is 21.2 Å². The molecule has 3 nitrogen and oxygen atoms in total. The SMILES string of the molecule is Cc1ccc(C[C@@H]2CNC[C@]2(C(=O)O)C(F)(F)F)cc1Br. The number of nitrogens with one attached hydrogen (secondary N) is 1. The van der Waals surface area contributed by atoms with Crippen molar-refractivity contribution in [1.82, 2.24) is 5.32 Å². The lowest BCUT2D eigenvalue weighted by atomic mass is 9.74.